The molecule has 0 saturated carbocycles. The van der Waals surface area contributed by atoms with E-state index < -0.39 is 6.04 Å². The summed E-state index contributed by atoms with van der Waals surface area (Å²) in [5.41, 5.74) is 8.07. The van der Waals surface area contributed by atoms with E-state index >= 15 is 0 Å². The number of amides is 1. The molecule has 1 aliphatic heterocycles. The lowest BCUT2D eigenvalue weighted by molar-refractivity contribution is -0.134. The molecule has 6 nitrogen and oxygen atoms in total. The Kier molecular flexibility index (Phi) is 3.23. The lowest BCUT2D eigenvalue weighted by atomic mass is 10.0. The molecular weight excluding hydrogens is 254 g/mol. The molecule has 0 radical (unpaired) electrons. The van der Waals surface area contributed by atoms with Crippen LogP contribution in [0.15, 0.2) is 30.6 Å². The molecule has 1 atom stereocenters. The van der Waals surface area contributed by atoms with Crippen LogP contribution in [0.5, 0.6) is 0 Å². The zero-order valence-corrected chi connectivity index (χ0v) is 11.4. The Bertz CT molecular complexity index is 619. The number of carbonyl (C=O) groups excluding carboxylic acids is 1. The van der Waals surface area contributed by atoms with Crippen molar-refractivity contribution < 1.29 is 4.79 Å². The predicted molar refractivity (Wildman–Crippen MR) is 73.5 cm³/mol. The van der Waals surface area contributed by atoms with Gasteiger partial charge in [0.2, 0.25) is 5.91 Å². The lowest BCUT2D eigenvalue weighted by Crippen LogP contribution is -2.43. The summed E-state index contributed by atoms with van der Waals surface area (Å²) in [5.74, 6) is 0.740. The van der Waals surface area contributed by atoms with Gasteiger partial charge in [0.05, 0.1) is 6.54 Å². The highest BCUT2D eigenvalue weighted by Gasteiger charge is 2.26. The number of aromatic nitrogens is 3. The topological polar surface area (TPSA) is 77.0 Å². The summed E-state index contributed by atoms with van der Waals surface area (Å²) >= 11 is 0. The van der Waals surface area contributed by atoms with Crippen LogP contribution in [0, 0.1) is 6.92 Å². The van der Waals surface area contributed by atoms with Crippen LogP contribution in [0.1, 0.15) is 23.0 Å². The predicted octanol–water partition coefficient (Wildman–Crippen LogP) is 0.629. The first kappa shape index (κ1) is 12.8. The Morgan fingerprint density at radius 1 is 1.30 bits per heavy atom. The molecule has 1 unspecified atom stereocenters. The van der Waals surface area contributed by atoms with Crippen LogP contribution in [0.25, 0.3) is 0 Å². The van der Waals surface area contributed by atoms with Gasteiger partial charge in [-0.3, -0.25) is 4.79 Å². The number of nitrogens with two attached hydrogens (primary N) is 1. The molecule has 0 fully saturated rings. The molecule has 0 spiro atoms. The largest absolute Gasteiger partial charge is 0.332 e. The number of hydrogen-bond acceptors (Lipinski definition) is 4. The minimum atomic E-state index is -0.620. The van der Waals surface area contributed by atoms with Crippen molar-refractivity contribution in [3.05, 3.63) is 47.5 Å². The lowest BCUT2D eigenvalue weighted by Gasteiger charge is -2.29. The number of fused-ring (bicyclic) bond motifs is 1. The Labute approximate surface area is 117 Å². The summed E-state index contributed by atoms with van der Waals surface area (Å²) in [5, 5.41) is 7.87. The van der Waals surface area contributed by atoms with Gasteiger partial charge in [0.1, 0.15) is 12.4 Å². The maximum Gasteiger partial charge on any atom is 0.244 e. The molecule has 0 bridgehead atoms. The van der Waals surface area contributed by atoms with Crippen LogP contribution < -0.4 is 5.73 Å². The Balaban J connectivity index is 1.74. The maximum atomic E-state index is 12.5. The van der Waals surface area contributed by atoms with Gasteiger partial charge < -0.3 is 15.2 Å². The molecule has 1 aromatic carbocycles. The summed E-state index contributed by atoms with van der Waals surface area (Å²) < 4.78 is 1.96. The fourth-order valence-corrected chi connectivity index (χ4v) is 2.37. The van der Waals surface area contributed by atoms with Crippen molar-refractivity contribution in [3.63, 3.8) is 0 Å². The highest BCUT2D eigenvalue weighted by atomic mass is 16.2. The van der Waals surface area contributed by atoms with E-state index in [-0.39, 0.29) is 5.91 Å². The second kappa shape index (κ2) is 5.05. The Hall–Kier alpha value is -2.21. The molecule has 2 N–H and O–H groups in total. The van der Waals surface area contributed by atoms with E-state index in [0.29, 0.717) is 19.6 Å². The fourth-order valence-electron chi connectivity index (χ4n) is 2.37. The molecular formula is C14H17N5O. The zero-order chi connectivity index (χ0) is 14.1. The van der Waals surface area contributed by atoms with Gasteiger partial charge >= 0.3 is 0 Å². The second-order valence-electron chi connectivity index (χ2n) is 5.09. The number of hydrogen-bond donors (Lipinski definition) is 1. The number of aryl methyl sites for hydroxylation is 1. The molecule has 1 aliphatic rings. The summed E-state index contributed by atoms with van der Waals surface area (Å²) in [6.07, 6.45) is 1.69. The van der Waals surface area contributed by atoms with Gasteiger partial charge in [0.15, 0.2) is 5.82 Å². The van der Waals surface area contributed by atoms with Crippen LogP contribution in [-0.2, 0) is 17.9 Å². The molecule has 0 saturated heterocycles. The summed E-state index contributed by atoms with van der Waals surface area (Å²) in [6.45, 7) is 3.84. The maximum absolute atomic E-state index is 12.5. The molecule has 1 aromatic heterocycles. The summed E-state index contributed by atoms with van der Waals surface area (Å²) in [6, 6.07) is 7.13. The van der Waals surface area contributed by atoms with Crippen LogP contribution in [0.4, 0.5) is 0 Å². The summed E-state index contributed by atoms with van der Waals surface area (Å²) in [4.78, 5) is 14.2. The number of benzene rings is 1. The molecule has 104 valence electrons. The van der Waals surface area contributed by atoms with E-state index in [0.717, 1.165) is 17.0 Å². The van der Waals surface area contributed by atoms with Gasteiger partial charge in [-0.15, -0.1) is 10.2 Å². The third-order valence-electron chi connectivity index (χ3n) is 3.65. The number of carbonyl (C=O) groups is 1. The Morgan fingerprint density at radius 2 is 2.05 bits per heavy atom. The van der Waals surface area contributed by atoms with Crippen LogP contribution in [0.3, 0.4) is 0 Å². The van der Waals surface area contributed by atoms with Crippen LogP contribution in [-0.4, -0.2) is 32.1 Å². The average molecular weight is 271 g/mol. The van der Waals surface area contributed by atoms with E-state index in [1.807, 2.05) is 35.8 Å². The molecule has 2 aromatic rings. The molecule has 1 amide bonds. The van der Waals surface area contributed by atoms with E-state index in [4.69, 9.17) is 5.73 Å². The Morgan fingerprint density at radius 3 is 2.80 bits per heavy atom. The van der Waals surface area contributed by atoms with Gasteiger partial charge in [-0.25, -0.2) is 0 Å². The zero-order valence-electron chi connectivity index (χ0n) is 11.4. The smallest absolute Gasteiger partial charge is 0.244 e. The minimum absolute atomic E-state index is 0.0666. The van der Waals surface area contributed by atoms with Crippen molar-refractivity contribution >= 4 is 5.91 Å². The molecule has 2 heterocycles. The van der Waals surface area contributed by atoms with Gasteiger partial charge in [0, 0.05) is 13.1 Å². The number of rotatable bonds is 2. The van der Waals surface area contributed by atoms with E-state index in [1.54, 1.807) is 11.2 Å². The summed E-state index contributed by atoms with van der Waals surface area (Å²) in [7, 11) is 0. The minimum Gasteiger partial charge on any atom is -0.332 e. The van der Waals surface area contributed by atoms with Crippen molar-refractivity contribution in [2.75, 3.05) is 6.54 Å². The van der Waals surface area contributed by atoms with E-state index in [1.165, 1.54) is 0 Å². The van der Waals surface area contributed by atoms with Gasteiger partial charge in [-0.05, 0) is 12.5 Å². The first-order valence-corrected chi connectivity index (χ1v) is 6.63. The molecule has 6 heteroatoms. The van der Waals surface area contributed by atoms with Crippen molar-refractivity contribution in [3.8, 4) is 0 Å². The fraction of sp³-hybridized carbons (Fsp3) is 0.357. The quantitative estimate of drug-likeness (QED) is 0.869. The molecule has 20 heavy (non-hydrogen) atoms. The highest BCUT2D eigenvalue weighted by molar-refractivity contribution is 5.83. The van der Waals surface area contributed by atoms with Gasteiger partial charge in [0.25, 0.3) is 0 Å². The first-order chi connectivity index (χ1) is 9.65. The third-order valence-corrected chi connectivity index (χ3v) is 3.65. The van der Waals surface area contributed by atoms with E-state index in [9.17, 15) is 4.79 Å². The van der Waals surface area contributed by atoms with E-state index in [2.05, 4.69) is 10.2 Å². The standard InChI is InChI=1S/C14H17N5O/c1-10-2-4-11(5-3-10)13(15)14(20)18-6-7-19-9-16-17-12(19)8-18/h2-5,9,13H,6-8,15H2,1H3. The average Bonchev–Trinajstić information content (AvgIpc) is 2.94. The van der Waals surface area contributed by atoms with Crippen molar-refractivity contribution in [2.24, 2.45) is 5.73 Å². The monoisotopic (exact) mass is 271 g/mol. The SMILES string of the molecule is Cc1ccc(C(N)C(=O)N2CCn3cnnc3C2)cc1. The molecule has 0 aliphatic carbocycles. The second-order valence-corrected chi connectivity index (χ2v) is 5.09. The van der Waals surface area contributed by atoms with Gasteiger partial charge in [-0.2, -0.15) is 0 Å². The van der Waals surface area contributed by atoms with Gasteiger partial charge in [-0.1, -0.05) is 29.8 Å². The van der Waals surface area contributed by atoms with Crippen LogP contribution >= 0.6 is 0 Å². The van der Waals surface area contributed by atoms with Crippen molar-refractivity contribution in [2.45, 2.75) is 26.1 Å². The first-order valence-electron chi connectivity index (χ1n) is 6.63. The highest BCUT2D eigenvalue weighted by Crippen LogP contribution is 2.17. The molecule has 3 rings (SSSR count). The third kappa shape index (κ3) is 2.30. The van der Waals surface area contributed by atoms with Crippen LogP contribution in [0.2, 0.25) is 0 Å². The normalized spacial score (nSPS) is 15.8. The van der Waals surface area contributed by atoms with Crippen molar-refractivity contribution in [1.29, 1.82) is 0 Å². The van der Waals surface area contributed by atoms with Crippen molar-refractivity contribution in [1.82, 2.24) is 19.7 Å². The number of nitrogens with zero attached hydrogens (tertiary/aromatic N) is 4.